The molecule has 1 heterocycles. The fraction of sp³-hybridized carbons (Fsp3) is 0.167. The summed E-state index contributed by atoms with van der Waals surface area (Å²) in [5, 5.41) is 3.03. The molecule has 3 aromatic rings. The molecule has 4 heteroatoms. The van der Waals surface area contributed by atoms with Crippen molar-refractivity contribution in [1.29, 1.82) is 0 Å². The van der Waals surface area contributed by atoms with Gasteiger partial charge in [0.05, 0.1) is 0 Å². The first-order chi connectivity index (χ1) is 13.6. The molecular weight excluding hydrogens is 348 g/mol. The predicted octanol–water partition coefficient (Wildman–Crippen LogP) is 4.51. The second kappa shape index (κ2) is 7.31. The SMILES string of the molecule is Cc1cccc(NC(=O)[C@@H]2Cc3ccccc3N2C(=O)c2ccccc2)c1C. The van der Waals surface area contributed by atoms with Gasteiger partial charge >= 0.3 is 0 Å². The Morgan fingerprint density at radius 1 is 0.893 bits per heavy atom. The zero-order valence-electron chi connectivity index (χ0n) is 16.0. The topological polar surface area (TPSA) is 49.4 Å². The van der Waals surface area contributed by atoms with Crippen LogP contribution in [0.4, 0.5) is 11.4 Å². The molecule has 0 bridgehead atoms. The van der Waals surface area contributed by atoms with E-state index in [1.54, 1.807) is 17.0 Å². The van der Waals surface area contributed by atoms with Gasteiger partial charge in [-0.05, 0) is 54.8 Å². The summed E-state index contributed by atoms with van der Waals surface area (Å²) in [7, 11) is 0. The van der Waals surface area contributed by atoms with Crippen LogP contribution in [0.15, 0.2) is 72.8 Å². The number of nitrogens with zero attached hydrogens (tertiary/aromatic N) is 1. The zero-order valence-corrected chi connectivity index (χ0v) is 16.0. The highest BCUT2D eigenvalue weighted by molar-refractivity contribution is 6.13. The molecule has 0 fully saturated rings. The lowest BCUT2D eigenvalue weighted by molar-refractivity contribution is -0.117. The van der Waals surface area contributed by atoms with Crippen LogP contribution in [0.5, 0.6) is 0 Å². The minimum absolute atomic E-state index is 0.160. The van der Waals surface area contributed by atoms with E-state index in [1.165, 1.54) is 0 Å². The number of rotatable bonds is 3. The van der Waals surface area contributed by atoms with Crippen LogP contribution >= 0.6 is 0 Å². The van der Waals surface area contributed by atoms with E-state index in [0.717, 1.165) is 28.1 Å². The maximum Gasteiger partial charge on any atom is 0.259 e. The molecule has 1 aliphatic rings. The highest BCUT2D eigenvalue weighted by Gasteiger charge is 2.38. The molecule has 28 heavy (non-hydrogen) atoms. The summed E-state index contributed by atoms with van der Waals surface area (Å²) in [6.45, 7) is 4.00. The first-order valence-corrected chi connectivity index (χ1v) is 9.40. The molecular formula is C24H22N2O2. The number of benzene rings is 3. The van der Waals surface area contributed by atoms with E-state index in [9.17, 15) is 9.59 Å². The van der Waals surface area contributed by atoms with Crippen molar-refractivity contribution in [2.45, 2.75) is 26.3 Å². The van der Waals surface area contributed by atoms with Gasteiger partial charge in [-0.1, -0.05) is 48.5 Å². The van der Waals surface area contributed by atoms with E-state index in [4.69, 9.17) is 0 Å². The third-order valence-electron chi connectivity index (χ3n) is 5.38. The summed E-state index contributed by atoms with van der Waals surface area (Å²) >= 11 is 0. The molecule has 140 valence electrons. The van der Waals surface area contributed by atoms with Crippen molar-refractivity contribution < 1.29 is 9.59 Å². The van der Waals surface area contributed by atoms with E-state index < -0.39 is 6.04 Å². The Hall–Kier alpha value is -3.40. The van der Waals surface area contributed by atoms with Crippen LogP contribution < -0.4 is 10.2 Å². The predicted molar refractivity (Wildman–Crippen MR) is 112 cm³/mol. The zero-order chi connectivity index (χ0) is 19.7. The number of nitrogens with one attached hydrogen (secondary N) is 1. The number of carbonyl (C=O) groups is 2. The standard InChI is InChI=1S/C24H22N2O2/c1-16-9-8-13-20(17(16)2)25-23(27)22-15-19-12-6-7-14-21(19)26(22)24(28)18-10-4-3-5-11-18/h3-14,22H,15H2,1-2H3,(H,25,27)/t22-/m0/s1. The molecule has 0 saturated carbocycles. The van der Waals surface area contributed by atoms with Crippen molar-refractivity contribution in [3.05, 3.63) is 95.1 Å². The van der Waals surface area contributed by atoms with Gasteiger partial charge in [0.2, 0.25) is 5.91 Å². The van der Waals surface area contributed by atoms with E-state index in [2.05, 4.69) is 5.32 Å². The van der Waals surface area contributed by atoms with Crippen LogP contribution in [0.25, 0.3) is 0 Å². The Morgan fingerprint density at radius 3 is 2.39 bits per heavy atom. The van der Waals surface area contributed by atoms with Gasteiger partial charge in [-0.15, -0.1) is 0 Å². The maximum atomic E-state index is 13.2. The lowest BCUT2D eigenvalue weighted by Crippen LogP contribution is -2.45. The number of hydrogen-bond donors (Lipinski definition) is 1. The van der Waals surface area contributed by atoms with Crippen LogP contribution in [0, 0.1) is 13.8 Å². The van der Waals surface area contributed by atoms with Crippen molar-refractivity contribution >= 4 is 23.2 Å². The van der Waals surface area contributed by atoms with Gasteiger partial charge in [-0.2, -0.15) is 0 Å². The highest BCUT2D eigenvalue weighted by atomic mass is 16.2. The normalized spacial score (nSPS) is 15.2. The number of aryl methyl sites for hydroxylation is 1. The van der Waals surface area contributed by atoms with Gasteiger partial charge in [0.25, 0.3) is 5.91 Å². The van der Waals surface area contributed by atoms with Crippen molar-refractivity contribution in [3.8, 4) is 0 Å². The first kappa shape index (κ1) is 18.0. The van der Waals surface area contributed by atoms with Gasteiger partial charge in [-0.3, -0.25) is 14.5 Å². The average Bonchev–Trinajstić information content (AvgIpc) is 3.11. The van der Waals surface area contributed by atoms with E-state index in [-0.39, 0.29) is 11.8 Å². The minimum Gasteiger partial charge on any atom is -0.324 e. The van der Waals surface area contributed by atoms with Gasteiger partial charge in [0.1, 0.15) is 6.04 Å². The molecule has 1 aliphatic heterocycles. The van der Waals surface area contributed by atoms with Gasteiger partial charge in [-0.25, -0.2) is 0 Å². The number of para-hydroxylation sites is 1. The third-order valence-corrected chi connectivity index (χ3v) is 5.38. The molecule has 4 nitrogen and oxygen atoms in total. The second-order valence-electron chi connectivity index (χ2n) is 7.13. The quantitative estimate of drug-likeness (QED) is 0.737. The molecule has 0 spiro atoms. The number of hydrogen-bond acceptors (Lipinski definition) is 2. The molecule has 0 aliphatic carbocycles. The monoisotopic (exact) mass is 370 g/mol. The molecule has 2 amide bonds. The van der Waals surface area contributed by atoms with Crippen molar-refractivity contribution in [1.82, 2.24) is 0 Å². The second-order valence-corrected chi connectivity index (χ2v) is 7.13. The number of anilines is 2. The summed E-state index contributed by atoms with van der Waals surface area (Å²) in [6.07, 6.45) is 0.505. The summed E-state index contributed by atoms with van der Waals surface area (Å²) in [5.41, 5.74) is 5.32. The largest absolute Gasteiger partial charge is 0.324 e. The molecule has 1 atom stereocenters. The van der Waals surface area contributed by atoms with Gasteiger partial charge in [0.15, 0.2) is 0 Å². The maximum absolute atomic E-state index is 13.2. The number of carbonyl (C=O) groups excluding carboxylic acids is 2. The van der Waals surface area contributed by atoms with Gasteiger partial charge in [0, 0.05) is 23.4 Å². The molecule has 0 saturated heterocycles. The summed E-state index contributed by atoms with van der Waals surface area (Å²) in [4.78, 5) is 28.1. The van der Waals surface area contributed by atoms with Gasteiger partial charge < -0.3 is 5.32 Å². The molecule has 3 aromatic carbocycles. The third kappa shape index (κ3) is 3.18. The average molecular weight is 370 g/mol. The Labute approximate surface area is 164 Å². The van der Waals surface area contributed by atoms with E-state index >= 15 is 0 Å². The van der Waals surface area contributed by atoms with Crippen LogP contribution in [0.2, 0.25) is 0 Å². The summed E-state index contributed by atoms with van der Waals surface area (Å²) in [6, 6.07) is 22.1. The fourth-order valence-corrected chi connectivity index (χ4v) is 3.67. The first-order valence-electron chi connectivity index (χ1n) is 9.40. The van der Waals surface area contributed by atoms with Crippen LogP contribution in [0.3, 0.4) is 0 Å². The highest BCUT2D eigenvalue weighted by Crippen LogP contribution is 2.34. The minimum atomic E-state index is -0.579. The van der Waals surface area contributed by atoms with Crippen LogP contribution in [-0.4, -0.2) is 17.9 Å². The number of amides is 2. The smallest absolute Gasteiger partial charge is 0.259 e. The molecule has 0 aromatic heterocycles. The molecule has 0 unspecified atom stereocenters. The van der Waals surface area contributed by atoms with Crippen molar-refractivity contribution in [2.24, 2.45) is 0 Å². The Kier molecular flexibility index (Phi) is 4.70. The molecule has 1 N–H and O–H groups in total. The summed E-state index contributed by atoms with van der Waals surface area (Å²) < 4.78 is 0. The molecule has 4 rings (SSSR count). The molecule has 0 radical (unpaired) electrons. The Bertz CT molecular complexity index is 1040. The fourth-order valence-electron chi connectivity index (χ4n) is 3.67. The van der Waals surface area contributed by atoms with Crippen molar-refractivity contribution in [3.63, 3.8) is 0 Å². The Balaban J connectivity index is 1.68. The summed E-state index contributed by atoms with van der Waals surface area (Å²) in [5.74, 6) is -0.333. The van der Waals surface area contributed by atoms with Crippen LogP contribution in [0.1, 0.15) is 27.0 Å². The Morgan fingerprint density at radius 2 is 1.61 bits per heavy atom. The lowest BCUT2D eigenvalue weighted by atomic mass is 10.1. The van der Waals surface area contributed by atoms with Crippen molar-refractivity contribution in [2.75, 3.05) is 10.2 Å². The van der Waals surface area contributed by atoms with Crippen LogP contribution in [-0.2, 0) is 11.2 Å². The van der Waals surface area contributed by atoms with E-state index in [0.29, 0.717) is 12.0 Å². The lowest BCUT2D eigenvalue weighted by Gasteiger charge is -2.25. The van der Waals surface area contributed by atoms with E-state index in [1.807, 2.05) is 74.5 Å². The number of fused-ring (bicyclic) bond motifs is 1.